The Hall–Kier alpha value is -2.07. The molecule has 0 spiro atoms. The Morgan fingerprint density at radius 3 is 2.67 bits per heavy atom. The summed E-state index contributed by atoms with van der Waals surface area (Å²) in [5.74, 6) is -0.791. The van der Waals surface area contributed by atoms with Crippen LogP contribution >= 0.6 is 11.6 Å². The number of hydrazine groups is 1. The maximum absolute atomic E-state index is 14.3. The lowest BCUT2D eigenvalue weighted by Gasteiger charge is -2.36. The molecule has 2 nitrogen and oxygen atoms in total. The summed E-state index contributed by atoms with van der Waals surface area (Å²) in [4.78, 5) is 0. The van der Waals surface area contributed by atoms with Crippen molar-refractivity contribution in [1.82, 2.24) is 5.01 Å². The van der Waals surface area contributed by atoms with Gasteiger partial charge in [0.15, 0.2) is 0 Å². The third kappa shape index (κ3) is 2.65. The number of hydrogen-bond acceptors (Lipinski definition) is 2. The van der Waals surface area contributed by atoms with E-state index in [1.165, 1.54) is 12.1 Å². The summed E-state index contributed by atoms with van der Waals surface area (Å²) in [6.45, 7) is 1.40. The lowest BCUT2D eigenvalue weighted by Crippen LogP contribution is -2.39. The second kappa shape index (κ2) is 6.10. The number of hydrogen-bond donors (Lipinski definition) is 0. The Labute approximate surface area is 144 Å². The van der Waals surface area contributed by atoms with Crippen LogP contribution < -0.4 is 5.01 Å². The zero-order valence-corrected chi connectivity index (χ0v) is 13.9. The Morgan fingerprint density at radius 2 is 1.83 bits per heavy atom. The van der Waals surface area contributed by atoms with Crippen molar-refractivity contribution < 1.29 is 8.78 Å². The van der Waals surface area contributed by atoms with Gasteiger partial charge in [0.25, 0.3) is 0 Å². The first-order valence-electron chi connectivity index (χ1n) is 8.11. The molecule has 4 rings (SSSR count). The van der Waals surface area contributed by atoms with Gasteiger partial charge in [-0.3, -0.25) is 10.0 Å². The van der Waals surface area contributed by atoms with Crippen LogP contribution in [-0.2, 0) is 0 Å². The second-order valence-corrected chi connectivity index (χ2v) is 6.60. The van der Waals surface area contributed by atoms with Crippen LogP contribution in [0.5, 0.6) is 0 Å². The van der Waals surface area contributed by atoms with Crippen molar-refractivity contribution in [2.45, 2.75) is 19.3 Å². The molecule has 124 valence electrons. The molecule has 2 aliphatic rings. The van der Waals surface area contributed by atoms with E-state index in [1.54, 1.807) is 0 Å². The van der Waals surface area contributed by atoms with Crippen LogP contribution in [0.3, 0.4) is 0 Å². The fraction of sp³-hybridized carbons (Fsp3) is 0.263. The SMILES string of the molecule is Fc1ccc(F)c(C2=C3CCCCN3N(c3cccc(Cl)c3)C2)c1. The fourth-order valence-corrected chi connectivity index (χ4v) is 3.74. The standard InChI is InChI=1S/C19H17ClF2N2/c20-13-4-3-5-15(10-13)24-12-17(19-6-1-2-9-23(19)24)16-11-14(21)7-8-18(16)22/h3-5,7-8,10-11H,1-2,6,9,12H2. The van der Waals surface area contributed by atoms with Crippen LogP contribution in [0, 0.1) is 11.6 Å². The summed E-state index contributed by atoms with van der Waals surface area (Å²) >= 11 is 6.13. The quantitative estimate of drug-likeness (QED) is 0.732. The van der Waals surface area contributed by atoms with Gasteiger partial charge in [-0.15, -0.1) is 0 Å². The molecule has 2 aromatic carbocycles. The third-order valence-corrected chi connectivity index (χ3v) is 4.89. The summed E-state index contributed by atoms with van der Waals surface area (Å²) in [6, 6.07) is 11.3. The molecule has 0 aliphatic carbocycles. The molecule has 0 unspecified atom stereocenters. The van der Waals surface area contributed by atoms with Crippen molar-refractivity contribution in [3.63, 3.8) is 0 Å². The van der Waals surface area contributed by atoms with Gasteiger partial charge in [0.1, 0.15) is 11.6 Å². The highest BCUT2D eigenvalue weighted by atomic mass is 35.5. The molecule has 2 aliphatic heterocycles. The highest BCUT2D eigenvalue weighted by Crippen LogP contribution is 2.40. The van der Waals surface area contributed by atoms with E-state index < -0.39 is 5.82 Å². The summed E-state index contributed by atoms with van der Waals surface area (Å²) in [5.41, 5.74) is 3.28. The summed E-state index contributed by atoms with van der Waals surface area (Å²) < 4.78 is 28.0. The number of rotatable bonds is 2. The predicted molar refractivity (Wildman–Crippen MR) is 92.6 cm³/mol. The minimum atomic E-state index is -0.414. The van der Waals surface area contributed by atoms with Crippen LogP contribution in [0.4, 0.5) is 14.5 Å². The largest absolute Gasteiger partial charge is 0.289 e. The molecule has 24 heavy (non-hydrogen) atoms. The minimum Gasteiger partial charge on any atom is -0.289 e. The lowest BCUT2D eigenvalue weighted by molar-refractivity contribution is 0.294. The zero-order valence-electron chi connectivity index (χ0n) is 13.1. The Morgan fingerprint density at radius 1 is 0.958 bits per heavy atom. The van der Waals surface area contributed by atoms with E-state index in [4.69, 9.17) is 11.6 Å². The Balaban J connectivity index is 1.78. The topological polar surface area (TPSA) is 6.48 Å². The normalized spacial score (nSPS) is 17.5. The number of piperidine rings is 1. The molecule has 0 radical (unpaired) electrons. The van der Waals surface area contributed by atoms with Crippen molar-refractivity contribution in [3.8, 4) is 0 Å². The van der Waals surface area contributed by atoms with Gasteiger partial charge in [-0.1, -0.05) is 17.7 Å². The second-order valence-electron chi connectivity index (χ2n) is 6.17. The first-order valence-corrected chi connectivity index (χ1v) is 8.49. The molecular weight excluding hydrogens is 330 g/mol. The molecule has 0 bridgehead atoms. The smallest absolute Gasteiger partial charge is 0.131 e. The van der Waals surface area contributed by atoms with Crippen molar-refractivity contribution >= 4 is 22.9 Å². The third-order valence-electron chi connectivity index (χ3n) is 4.65. The van der Waals surface area contributed by atoms with Gasteiger partial charge >= 0.3 is 0 Å². The molecule has 1 fully saturated rings. The van der Waals surface area contributed by atoms with E-state index in [1.807, 2.05) is 24.3 Å². The van der Waals surface area contributed by atoms with E-state index in [-0.39, 0.29) is 5.82 Å². The van der Waals surface area contributed by atoms with Gasteiger partial charge < -0.3 is 0 Å². The average molecular weight is 347 g/mol. The van der Waals surface area contributed by atoms with Crippen LogP contribution in [0.15, 0.2) is 48.2 Å². The maximum Gasteiger partial charge on any atom is 0.131 e. The van der Waals surface area contributed by atoms with E-state index >= 15 is 0 Å². The van der Waals surface area contributed by atoms with Crippen molar-refractivity contribution in [3.05, 3.63) is 70.4 Å². The predicted octanol–water partition coefficient (Wildman–Crippen LogP) is 5.25. The van der Waals surface area contributed by atoms with Crippen LogP contribution in [0.2, 0.25) is 5.02 Å². The molecule has 0 amide bonds. The molecule has 5 heteroatoms. The average Bonchev–Trinajstić information content (AvgIpc) is 2.97. The molecule has 0 saturated carbocycles. The van der Waals surface area contributed by atoms with Crippen LogP contribution in [0.25, 0.3) is 5.57 Å². The van der Waals surface area contributed by atoms with Crippen molar-refractivity contribution in [2.24, 2.45) is 0 Å². The number of benzene rings is 2. The molecule has 2 heterocycles. The molecule has 0 N–H and O–H groups in total. The number of allylic oxidation sites excluding steroid dienone is 1. The van der Waals surface area contributed by atoms with Gasteiger partial charge in [0.05, 0.1) is 12.2 Å². The van der Waals surface area contributed by atoms with Gasteiger partial charge in [0, 0.05) is 28.4 Å². The van der Waals surface area contributed by atoms with Gasteiger partial charge in [0.2, 0.25) is 0 Å². The highest BCUT2D eigenvalue weighted by Gasteiger charge is 2.33. The van der Waals surface area contributed by atoms with Crippen molar-refractivity contribution in [1.29, 1.82) is 0 Å². The van der Waals surface area contributed by atoms with E-state index in [2.05, 4.69) is 10.0 Å². The number of nitrogens with zero attached hydrogens (tertiary/aromatic N) is 2. The molecule has 0 aromatic heterocycles. The van der Waals surface area contributed by atoms with Gasteiger partial charge in [-0.25, -0.2) is 8.78 Å². The highest BCUT2D eigenvalue weighted by molar-refractivity contribution is 6.30. The fourth-order valence-electron chi connectivity index (χ4n) is 3.55. The Bertz CT molecular complexity index is 819. The lowest BCUT2D eigenvalue weighted by atomic mass is 9.99. The Kier molecular flexibility index (Phi) is 3.93. The molecular formula is C19H17ClF2N2. The molecule has 1 saturated heterocycles. The summed E-state index contributed by atoms with van der Waals surface area (Å²) in [5, 5.41) is 4.96. The molecule has 2 aromatic rings. The zero-order chi connectivity index (χ0) is 16.7. The minimum absolute atomic E-state index is 0.362. The summed E-state index contributed by atoms with van der Waals surface area (Å²) in [6.07, 6.45) is 3.03. The monoisotopic (exact) mass is 346 g/mol. The summed E-state index contributed by atoms with van der Waals surface area (Å²) in [7, 11) is 0. The van der Waals surface area contributed by atoms with Crippen LogP contribution in [-0.4, -0.2) is 18.1 Å². The maximum atomic E-state index is 14.3. The van der Waals surface area contributed by atoms with E-state index in [0.29, 0.717) is 17.1 Å². The van der Waals surface area contributed by atoms with E-state index in [0.717, 1.165) is 48.8 Å². The first kappa shape index (κ1) is 15.5. The van der Waals surface area contributed by atoms with E-state index in [9.17, 15) is 8.78 Å². The van der Waals surface area contributed by atoms with Crippen molar-refractivity contribution in [2.75, 3.05) is 18.1 Å². The first-order chi connectivity index (χ1) is 11.6. The van der Waals surface area contributed by atoms with Gasteiger partial charge in [-0.05, 0) is 55.7 Å². The number of fused-ring (bicyclic) bond motifs is 1. The molecule has 0 atom stereocenters. The number of halogens is 3. The van der Waals surface area contributed by atoms with Crippen LogP contribution in [0.1, 0.15) is 24.8 Å². The van der Waals surface area contributed by atoms with Gasteiger partial charge in [-0.2, -0.15) is 0 Å². The number of anilines is 1.